The van der Waals surface area contributed by atoms with E-state index in [2.05, 4.69) is 4.99 Å². The number of hydrogen-bond acceptors (Lipinski definition) is 5. The Morgan fingerprint density at radius 3 is 2.00 bits per heavy atom. The van der Waals surface area contributed by atoms with Crippen molar-refractivity contribution in [2.24, 2.45) is 4.99 Å². The van der Waals surface area contributed by atoms with Crippen molar-refractivity contribution in [3.05, 3.63) is 10.6 Å². The fourth-order valence-corrected chi connectivity index (χ4v) is 1.28. The Morgan fingerprint density at radius 2 is 1.69 bits per heavy atom. The van der Waals surface area contributed by atoms with Gasteiger partial charge in [0.2, 0.25) is 0 Å². The van der Waals surface area contributed by atoms with Gasteiger partial charge in [-0.2, -0.15) is 10.5 Å². The molecule has 0 saturated carbocycles. The summed E-state index contributed by atoms with van der Waals surface area (Å²) in [6.07, 6.45) is 3.69. The molecule has 0 N–H and O–H groups in total. The van der Waals surface area contributed by atoms with Crippen molar-refractivity contribution in [1.82, 2.24) is 0 Å². The lowest BCUT2D eigenvalue weighted by Gasteiger charge is -1.97. The van der Waals surface area contributed by atoms with Crippen LogP contribution in [0.5, 0.6) is 0 Å². The van der Waals surface area contributed by atoms with Crippen LogP contribution in [0.25, 0.3) is 0 Å². The minimum absolute atomic E-state index is 0.0703. The van der Waals surface area contributed by atoms with Gasteiger partial charge in [0, 0.05) is 0 Å². The molecule has 0 aromatic rings. The maximum Gasteiger partial charge on any atom is 0.161 e. The van der Waals surface area contributed by atoms with Crippen LogP contribution in [-0.4, -0.2) is 17.6 Å². The molecule has 0 bridgehead atoms. The second-order valence-corrected chi connectivity index (χ2v) is 3.74. The normalized spacial score (nSPS) is 10.1. The lowest BCUT2D eigenvalue weighted by atomic mass is 10.4. The van der Waals surface area contributed by atoms with Gasteiger partial charge in [0.1, 0.15) is 17.2 Å². The van der Waals surface area contributed by atoms with Gasteiger partial charge >= 0.3 is 0 Å². The van der Waals surface area contributed by atoms with E-state index in [1.807, 2.05) is 25.3 Å². The molecule has 0 amide bonds. The molecule has 0 atom stereocenters. The van der Waals surface area contributed by atoms with Gasteiger partial charge in [-0.15, -0.1) is 23.5 Å². The molecule has 5 heteroatoms. The number of rotatable bonds is 2. The molecule has 0 aromatic carbocycles. The average molecular weight is 211 g/mol. The van der Waals surface area contributed by atoms with Gasteiger partial charge in [0.05, 0.1) is 5.04 Å². The Morgan fingerprint density at radius 1 is 1.15 bits per heavy atom. The van der Waals surface area contributed by atoms with Crippen LogP contribution in [0.1, 0.15) is 6.92 Å². The summed E-state index contributed by atoms with van der Waals surface area (Å²) < 4.78 is 0. The van der Waals surface area contributed by atoms with Crippen LogP contribution in [0.4, 0.5) is 0 Å². The van der Waals surface area contributed by atoms with Crippen molar-refractivity contribution < 1.29 is 0 Å². The Hall–Kier alpha value is -0.910. The summed E-state index contributed by atoms with van der Waals surface area (Å²) in [6.45, 7) is 1.84. The van der Waals surface area contributed by atoms with E-state index in [1.54, 1.807) is 6.26 Å². The van der Waals surface area contributed by atoms with Gasteiger partial charge < -0.3 is 0 Å². The predicted octanol–water partition coefficient (Wildman–Crippen LogP) is 2.39. The fourth-order valence-electron chi connectivity index (χ4n) is 0.513. The number of aliphatic imine (C=N–C) groups is 1. The number of nitriles is 2. The second kappa shape index (κ2) is 6.59. The Kier molecular flexibility index (Phi) is 6.13. The van der Waals surface area contributed by atoms with Gasteiger partial charge in [0.25, 0.3) is 0 Å². The molecular weight excluding hydrogens is 202 g/mol. The molecular formula is C8H9N3S2. The van der Waals surface area contributed by atoms with Gasteiger partial charge in [-0.05, 0) is 19.4 Å². The zero-order valence-corrected chi connectivity index (χ0v) is 9.29. The molecule has 0 fully saturated rings. The Balaban J connectivity index is 5.04. The monoisotopic (exact) mass is 211 g/mol. The highest BCUT2D eigenvalue weighted by atomic mass is 32.2. The van der Waals surface area contributed by atoms with Crippen LogP contribution >= 0.6 is 23.5 Å². The first-order valence-electron chi connectivity index (χ1n) is 3.37. The van der Waals surface area contributed by atoms with Gasteiger partial charge in [-0.25, -0.2) is 4.99 Å². The van der Waals surface area contributed by atoms with Gasteiger partial charge in [-0.3, -0.25) is 0 Å². The highest BCUT2D eigenvalue weighted by Gasteiger charge is 2.03. The quantitative estimate of drug-likeness (QED) is 0.400. The molecule has 0 aliphatic heterocycles. The maximum atomic E-state index is 8.59. The summed E-state index contributed by atoms with van der Waals surface area (Å²) in [5.74, 6) is 0. The molecule has 0 radical (unpaired) electrons. The standard InChI is InChI=1S/C8H9N3S2/c1-6(12-2)11-8(13-3)7(4-9)5-10/h1-3H3/b11-6+. The Labute approximate surface area is 86.5 Å². The van der Waals surface area contributed by atoms with E-state index in [4.69, 9.17) is 10.5 Å². The van der Waals surface area contributed by atoms with Crippen molar-refractivity contribution in [3.63, 3.8) is 0 Å². The molecule has 0 spiro atoms. The number of nitrogens with zero attached hydrogens (tertiary/aromatic N) is 3. The van der Waals surface area contributed by atoms with Crippen LogP contribution in [0, 0.1) is 22.7 Å². The molecule has 0 aliphatic carbocycles. The molecule has 0 saturated heterocycles. The maximum absolute atomic E-state index is 8.59. The molecule has 0 heterocycles. The second-order valence-electron chi connectivity index (χ2n) is 1.94. The van der Waals surface area contributed by atoms with E-state index in [9.17, 15) is 0 Å². The highest BCUT2D eigenvalue weighted by molar-refractivity contribution is 8.13. The summed E-state index contributed by atoms with van der Waals surface area (Å²) >= 11 is 2.80. The third-order valence-corrected chi connectivity index (χ3v) is 2.55. The predicted molar refractivity (Wildman–Crippen MR) is 58.4 cm³/mol. The molecule has 68 valence electrons. The number of allylic oxidation sites excluding steroid dienone is 1. The van der Waals surface area contributed by atoms with E-state index in [1.165, 1.54) is 23.5 Å². The van der Waals surface area contributed by atoms with Crippen LogP contribution in [-0.2, 0) is 0 Å². The lowest BCUT2D eigenvalue weighted by molar-refractivity contribution is 1.41. The first-order chi connectivity index (χ1) is 6.19. The smallest absolute Gasteiger partial charge is 0.161 e. The summed E-state index contributed by atoms with van der Waals surface area (Å²) in [5, 5.41) is 18.5. The van der Waals surface area contributed by atoms with Crippen molar-refractivity contribution in [3.8, 4) is 12.1 Å². The number of hydrogen-bond donors (Lipinski definition) is 0. The van der Waals surface area contributed by atoms with Crippen LogP contribution < -0.4 is 0 Å². The minimum atomic E-state index is 0.0703. The highest BCUT2D eigenvalue weighted by Crippen LogP contribution is 2.19. The zero-order valence-electron chi connectivity index (χ0n) is 7.66. The third kappa shape index (κ3) is 4.02. The third-order valence-electron chi connectivity index (χ3n) is 1.19. The summed E-state index contributed by atoms with van der Waals surface area (Å²) in [6, 6.07) is 3.63. The van der Waals surface area contributed by atoms with E-state index in [0.717, 1.165) is 5.04 Å². The molecule has 13 heavy (non-hydrogen) atoms. The van der Waals surface area contributed by atoms with Gasteiger partial charge in [-0.1, -0.05) is 0 Å². The largest absolute Gasteiger partial charge is 0.238 e. The average Bonchev–Trinajstić information content (AvgIpc) is 2.17. The lowest BCUT2D eigenvalue weighted by Crippen LogP contribution is -1.86. The summed E-state index contributed by atoms with van der Waals surface area (Å²) in [5.41, 5.74) is 0.0703. The fraction of sp³-hybridized carbons (Fsp3) is 0.375. The summed E-state index contributed by atoms with van der Waals surface area (Å²) in [4.78, 5) is 4.13. The van der Waals surface area contributed by atoms with E-state index < -0.39 is 0 Å². The van der Waals surface area contributed by atoms with E-state index in [0.29, 0.717) is 5.03 Å². The summed E-state index contributed by atoms with van der Waals surface area (Å²) in [7, 11) is 0. The molecule has 0 aromatic heterocycles. The minimum Gasteiger partial charge on any atom is -0.238 e. The SMILES string of the molecule is CSC(/N=C(\C)SC)=C(C#N)C#N. The molecule has 0 unspecified atom stereocenters. The van der Waals surface area contributed by atoms with Crippen molar-refractivity contribution in [2.75, 3.05) is 12.5 Å². The van der Waals surface area contributed by atoms with Crippen molar-refractivity contribution >= 4 is 28.6 Å². The Bertz CT molecular complexity index is 301. The first kappa shape index (κ1) is 12.1. The van der Waals surface area contributed by atoms with Crippen molar-refractivity contribution in [2.45, 2.75) is 6.92 Å². The molecule has 0 aliphatic rings. The molecule has 3 nitrogen and oxygen atoms in total. The number of thioether (sulfide) groups is 2. The topological polar surface area (TPSA) is 59.9 Å². The first-order valence-corrected chi connectivity index (χ1v) is 5.82. The van der Waals surface area contributed by atoms with Crippen LogP contribution in [0.15, 0.2) is 15.6 Å². The van der Waals surface area contributed by atoms with Crippen molar-refractivity contribution in [1.29, 1.82) is 10.5 Å². The van der Waals surface area contributed by atoms with E-state index in [-0.39, 0.29) is 5.57 Å². The van der Waals surface area contributed by atoms with Gasteiger partial charge in [0.15, 0.2) is 5.57 Å². The zero-order chi connectivity index (χ0) is 10.3. The van der Waals surface area contributed by atoms with Crippen LogP contribution in [0.2, 0.25) is 0 Å². The van der Waals surface area contributed by atoms with Crippen LogP contribution in [0.3, 0.4) is 0 Å². The molecule has 0 rings (SSSR count). The van der Waals surface area contributed by atoms with E-state index >= 15 is 0 Å².